The highest BCUT2D eigenvalue weighted by Gasteiger charge is 2.73. The number of fused-ring (bicyclic) bond motifs is 1. The second-order valence-corrected chi connectivity index (χ2v) is 13.4. The standard InChI is InChI=1S/C33H45N3O4/c1-18-13-14-23(17-21(18)4)34-30(37)27-26-15-16-33(40-26)28(27)32(39)36(25-12-7-6-9-20(25)3)29(33)31(38)35-24-11-8-10-19(2)22(24)5/h13-17,19-20,22,24-29H,6-12H2,1-5H3,(H,34,37)(H,35,38)/t19-,20-,22-,24+,25+,26-,27+,28-,29-,33-/m0/s1. The predicted octanol–water partition coefficient (Wildman–Crippen LogP) is 4.91. The van der Waals surface area contributed by atoms with Crippen LogP contribution < -0.4 is 10.6 Å². The summed E-state index contributed by atoms with van der Waals surface area (Å²) in [6.07, 6.45) is 10.6. The zero-order valence-electron chi connectivity index (χ0n) is 24.6. The van der Waals surface area contributed by atoms with Gasteiger partial charge in [-0.3, -0.25) is 14.4 Å². The molecule has 216 valence electrons. The van der Waals surface area contributed by atoms with Crippen LogP contribution in [-0.4, -0.2) is 52.5 Å². The fourth-order valence-corrected chi connectivity index (χ4v) is 8.37. The number of anilines is 1. The molecule has 0 aromatic heterocycles. The van der Waals surface area contributed by atoms with E-state index in [9.17, 15) is 14.4 Å². The molecule has 5 aliphatic rings. The van der Waals surface area contributed by atoms with E-state index in [0.29, 0.717) is 23.4 Å². The summed E-state index contributed by atoms with van der Waals surface area (Å²) in [7, 11) is 0. The Kier molecular flexibility index (Phi) is 7.09. The smallest absolute Gasteiger partial charge is 0.246 e. The lowest BCUT2D eigenvalue weighted by Gasteiger charge is -2.42. The largest absolute Gasteiger partial charge is 0.359 e. The van der Waals surface area contributed by atoms with Crippen LogP contribution in [0.25, 0.3) is 0 Å². The van der Waals surface area contributed by atoms with Crippen molar-refractivity contribution >= 4 is 23.4 Å². The molecule has 3 aliphatic heterocycles. The summed E-state index contributed by atoms with van der Waals surface area (Å²) >= 11 is 0. The van der Waals surface area contributed by atoms with Gasteiger partial charge in [-0.25, -0.2) is 0 Å². The van der Waals surface area contributed by atoms with E-state index in [-0.39, 0.29) is 29.8 Å². The number of amides is 3. The minimum Gasteiger partial charge on any atom is -0.359 e. The maximum atomic E-state index is 14.5. The van der Waals surface area contributed by atoms with Crippen LogP contribution in [0.5, 0.6) is 0 Å². The number of ether oxygens (including phenoxy) is 1. The van der Waals surface area contributed by atoms with Crippen LogP contribution in [0.2, 0.25) is 0 Å². The molecule has 2 N–H and O–H groups in total. The van der Waals surface area contributed by atoms with Gasteiger partial charge in [0, 0.05) is 17.8 Å². The third-order valence-electron chi connectivity index (χ3n) is 11.1. The second kappa shape index (κ2) is 10.3. The average Bonchev–Trinajstić information content (AvgIpc) is 3.56. The van der Waals surface area contributed by atoms with E-state index < -0.39 is 29.6 Å². The summed E-state index contributed by atoms with van der Waals surface area (Å²) in [6, 6.07) is 5.14. The fourth-order valence-electron chi connectivity index (χ4n) is 8.37. The molecular weight excluding hydrogens is 502 g/mol. The summed E-state index contributed by atoms with van der Waals surface area (Å²) in [5.74, 6) is -0.615. The molecular formula is C33H45N3O4. The first-order valence-corrected chi connectivity index (χ1v) is 15.5. The third-order valence-corrected chi connectivity index (χ3v) is 11.1. The van der Waals surface area contributed by atoms with Crippen molar-refractivity contribution in [2.45, 2.75) is 109 Å². The Hall–Kier alpha value is -2.67. The fraction of sp³-hybridized carbons (Fsp3) is 0.667. The molecule has 1 aromatic rings. The number of nitrogens with one attached hydrogen (secondary N) is 2. The summed E-state index contributed by atoms with van der Waals surface area (Å²) in [6.45, 7) is 10.7. The van der Waals surface area contributed by atoms with Gasteiger partial charge in [-0.2, -0.15) is 0 Å². The van der Waals surface area contributed by atoms with Crippen molar-refractivity contribution in [1.82, 2.24) is 10.2 Å². The van der Waals surface area contributed by atoms with E-state index >= 15 is 0 Å². The van der Waals surface area contributed by atoms with E-state index in [1.165, 1.54) is 6.42 Å². The Morgan fingerprint density at radius 3 is 2.45 bits per heavy atom. The molecule has 7 nitrogen and oxygen atoms in total. The number of benzene rings is 1. The minimum atomic E-state index is -1.11. The number of aryl methyl sites for hydroxylation is 2. The van der Waals surface area contributed by atoms with E-state index in [0.717, 1.165) is 49.7 Å². The lowest BCUT2D eigenvalue weighted by Crippen LogP contribution is -2.60. The average molecular weight is 548 g/mol. The number of hydrogen-bond donors (Lipinski definition) is 2. The van der Waals surface area contributed by atoms with Gasteiger partial charge in [0.15, 0.2) is 0 Å². The molecule has 4 fully saturated rings. The molecule has 2 saturated carbocycles. The zero-order valence-corrected chi connectivity index (χ0v) is 24.6. The quantitative estimate of drug-likeness (QED) is 0.513. The van der Waals surface area contributed by atoms with Crippen LogP contribution >= 0.6 is 0 Å². The molecule has 6 rings (SSSR count). The van der Waals surface area contributed by atoms with Crippen LogP contribution in [0.1, 0.15) is 76.8 Å². The minimum absolute atomic E-state index is 0.0285. The first kappa shape index (κ1) is 27.5. The Bertz CT molecular complexity index is 1230. The second-order valence-electron chi connectivity index (χ2n) is 13.4. The molecule has 3 heterocycles. The van der Waals surface area contributed by atoms with E-state index in [1.54, 1.807) is 0 Å². The van der Waals surface area contributed by atoms with Crippen LogP contribution in [0, 0.1) is 43.4 Å². The Morgan fingerprint density at radius 2 is 1.70 bits per heavy atom. The molecule has 2 bridgehead atoms. The van der Waals surface area contributed by atoms with Gasteiger partial charge < -0.3 is 20.3 Å². The SMILES string of the molecule is Cc1ccc(NC(=O)[C@@H]2[C@@H]3C=C[C@]4(O3)[C@@H]2C(=O)N([C@@H]2CCCC[C@@H]2C)[C@H]4C(=O)N[C@@H]2CCC[C@H](C)[C@@H]2C)cc1C. The summed E-state index contributed by atoms with van der Waals surface area (Å²) in [5.41, 5.74) is 1.85. The maximum Gasteiger partial charge on any atom is 0.246 e. The van der Waals surface area contributed by atoms with Gasteiger partial charge >= 0.3 is 0 Å². The third kappa shape index (κ3) is 4.31. The van der Waals surface area contributed by atoms with Gasteiger partial charge in [-0.1, -0.05) is 64.7 Å². The molecule has 2 aliphatic carbocycles. The summed E-state index contributed by atoms with van der Waals surface area (Å²) in [4.78, 5) is 44.4. The van der Waals surface area contributed by atoms with Gasteiger partial charge in [0.05, 0.1) is 17.9 Å². The van der Waals surface area contributed by atoms with Crippen LogP contribution in [0.4, 0.5) is 5.69 Å². The number of hydrogen-bond acceptors (Lipinski definition) is 4. The van der Waals surface area contributed by atoms with Gasteiger partial charge in [-0.15, -0.1) is 0 Å². The van der Waals surface area contributed by atoms with Crippen molar-refractivity contribution < 1.29 is 19.1 Å². The van der Waals surface area contributed by atoms with Crippen molar-refractivity contribution in [2.75, 3.05) is 5.32 Å². The van der Waals surface area contributed by atoms with Gasteiger partial charge in [0.1, 0.15) is 11.6 Å². The summed E-state index contributed by atoms with van der Waals surface area (Å²) in [5, 5.41) is 6.45. The van der Waals surface area contributed by atoms with Crippen molar-refractivity contribution in [3.05, 3.63) is 41.5 Å². The lowest BCUT2D eigenvalue weighted by molar-refractivity contribution is -0.146. The van der Waals surface area contributed by atoms with E-state index in [4.69, 9.17) is 4.74 Å². The van der Waals surface area contributed by atoms with Gasteiger partial charge in [0.2, 0.25) is 17.7 Å². The first-order chi connectivity index (χ1) is 19.1. The number of carbonyl (C=O) groups excluding carboxylic acids is 3. The van der Waals surface area contributed by atoms with Gasteiger partial charge in [0.25, 0.3) is 0 Å². The van der Waals surface area contributed by atoms with Crippen LogP contribution in [-0.2, 0) is 19.1 Å². The predicted molar refractivity (Wildman–Crippen MR) is 154 cm³/mol. The van der Waals surface area contributed by atoms with Crippen LogP contribution in [0.15, 0.2) is 30.4 Å². The highest BCUT2D eigenvalue weighted by molar-refractivity contribution is 6.03. The molecule has 1 spiro atoms. The van der Waals surface area contributed by atoms with E-state index in [1.807, 2.05) is 49.1 Å². The Balaban J connectivity index is 1.33. The highest BCUT2D eigenvalue weighted by Crippen LogP contribution is 2.56. The number of likely N-dealkylation sites (tertiary alicyclic amines) is 1. The number of rotatable bonds is 5. The van der Waals surface area contributed by atoms with Crippen molar-refractivity contribution in [3.8, 4) is 0 Å². The van der Waals surface area contributed by atoms with Crippen molar-refractivity contribution in [3.63, 3.8) is 0 Å². The molecule has 2 saturated heterocycles. The molecule has 10 atom stereocenters. The van der Waals surface area contributed by atoms with Crippen molar-refractivity contribution in [2.24, 2.45) is 29.6 Å². The molecule has 3 amide bonds. The molecule has 40 heavy (non-hydrogen) atoms. The molecule has 7 heteroatoms. The number of carbonyl (C=O) groups is 3. The first-order valence-electron chi connectivity index (χ1n) is 15.5. The van der Waals surface area contributed by atoms with E-state index in [2.05, 4.69) is 31.4 Å². The number of nitrogens with zero attached hydrogens (tertiary/aromatic N) is 1. The topological polar surface area (TPSA) is 87.7 Å². The Morgan fingerprint density at radius 1 is 0.950 bits per heavy atom. The molecule has 0 unspecified atom stereocenters. The van der Waals surface area contributed by atoms with Crippen LogP contribution in [0.3, 0.4) is 0 Å². The van der Waals surface area contributed by atoms with Gasteiger partial charge in [-0.05, 0) is 74.1 Å². The normalized spacial score (nSPS) is 40.3. The molecule has 1 aromatic carbocycles. The summed E-state index contributed by atoms with van der Waals surface area (Å²) < 4.78 is 6.60. The maximum absolute atomic E-state index is 14.5. The van der Waals surface area contributed by atoms with Crippen molar-refractivity contribution in [1.29, 1.82) is 0 Å². The monoisotopic (exact) mass is 547 g/mol. The molecule has 0 radical (unpaired) electrons. The Labute approximate surface area is 238 Å². The zero-order chi connectivity index (χ0) is 28.3. The lowest BCUT2D eigenvalue weighted by atomic mass is 9.73. The highest BCUT2D eigenvalue weighted by atomic mass is 16.5.